The van der Waals surface area contributed by atoms with Gasteiger partial charge in [-0.15, -0.1) is 22.7 Å². The van der Waals surface area contributed by atoms with Crippen LogP contribution in [-0.2, 0) is 17.7 Å². The Morgan fingerprint density at radius 1 is 1.44 bits per heavy atom. The van der Waals surface area contributed by atoms with Gasteiger partial charge < -0.3 is 15.0 Å². The summed E-state index contributed by atoms with van der Waals surface area (Å²) < 4.78 is 5.14. The van der Waals surface area contributed by atoms with E-state index in [-0.39, 0.29) is 5.97 Å². The zero-order valence-electron chi connectivity index (χ0n) is 13.9. The molecular weight excluding hydrogens is 358 g/mol. The summed E-state index contributed by atoms with van der Waals surface area (Å²) in [7, 11) is 2.11. The molecule has 1 aliphatic heterocycles. The first-order chi connectivity index (χ1) is 12.2. The van der Waals surface area contributed by atoms with Crippen LogP contribution >= 0.6 is 22.7 Å². The maximum atomic E-state index is 12.2. The van der Waals surface area contributed by atoms with Crippen LogP contribution in [0.4, 0.5) is 10.9 Å². The number of fused-ring (bicyclic) bond motifs is 2. The largest absolute Gasteiger partial charge is 0.462 e. The minimum Gasteiger partial charge on any atom is -0.462 e. The molecule has 0 saturated heterocycles. The van der Waals surface area contributed by atoms with Crippen LogP contribution in [0.15, 0.2) is 11.7 Å². The van der Waals surface area contributed by atoms with Gasteiger partial charge in [0.1, 0.15) is 17.0 Å². The summed E-state index contributed by atoms with van der Waals surface area (Å²) in [5.74, 6) is 0.236. The lowest BCUT2D eigenvalue weighted by atomic mass is 10.2. The van der Waals surface area contributed by atoms with Crippen LogP contribution in [0.1, 0.15) is 27.9 Å². The van der Waals surface area contributed by atoms with E-state index in [2.05, 4.69) is 27.2 Å². The van der Waals surface area contributed by atoms with E-state index in [4.69, 9.17) is 9.72 Å². The van der Waals surface area contributed by atoms with Gasteiger partial charge in [0, 0.05) is 29.8 Å². The zero-order chi connectivity index (χ0) is 17.4. The highest BCUT2D eigenvalue weighted by Crippen LogP contribution is 2.34. The van der Waals surface area contributed by atoms with Crippen LogP contribution < -0.4 is 5.32 Å². The Morgan fingerprint density at radius 2 is 2.32 bits per heavy atom. The summed E-state index contributed by atoms with van der Waals surface area (Å²) in [6.07, 6.45) is 2.45. The number of thiophene rings is 1. The smallest absolute Gasteiger partial charge is 0.339 e. The van der Waals surface area contributed by atoms with E-state index in [1.54, 1.807) is 23.6 Å². The molecule has 0 aliphatic carbocycles. The van der Waals surface area contributed by atoms with Crippen LogP contribution in [0.2, 0.25) is 0 Å². The van der Waals surface area contributed by atoms with Crippen LogP contribution in [-0.4, -0.2) is 46.0 Å². The average Bonchev–Trinajstić information content (AvgIpc) is 3.18. The SMILES string of the molecule is CCOC(=O)c1csc2ncnc(Nc3nc4c(s3)CN(C)CC4)c12. The lowest BCUT2D eigenvalue weighted by molar-refractivity contribution is 0.0529. The van der Waals surface area contributed by atoms with Crippen molar-refractivity contribution in [3.05, 3.63) is 27.8 Å². The van der Waals surface area contributed by atoms with Crippen LogP contribution in [0, 0.1) is 0 Å². The van der Waals surface area contributed by atoms with E-state index < -0.39 is 0 Å². The van der Waals surface area contributed by atoms with Gasteiger partial charge in [0.05, 0.1) is 23.3 Å². The molecule has 0 saturated carbocycles. The molecule has 1 N–H and O–H groups in total. The van der Waals surface area contributed by atoms with Gasteiger partial charge in [0.15, 0.2) is 5.13 Å². The summed E-state index contributed by atoms with van der Waals surface area (Å²) in [5, 5.41) is 6.53. The zero-order valence-corrected chi connectivity index (χ0v) is 15.5. The predicted octanol–water partition coefficient (Wildman–Crippen LogP) is 3.06. The first-order valence-corrected chi connectivity index (χ1v) is 9.68. The Balaban J connectivity index is 1.70. The van der Waals surface area contributed by atoms with Crippen molar-refractivity contribution in [2.75, 3.05) is 25.5 Å². The van der Waals surface area contributed by atoms with E-state index in [0.717, 1.165) is 35.2 Å². The second-order valence-electron chi connectivity index (χ2n) is 5.77. The quantitative estimate of drug-likeness (QED) is 0.702. The molecule has 7 nitrogen and oxygen atoms in total. The number of hydrogen-bond acceptors (Lipinski definition) is 9. The van der Waals surface area contributed by atoms with Gasteiger partial charge >= 0.3 is 5.97 Å². The average molecular weight is 375 g/mol. The number of carbonyl (C=O) groups excluding carboxylic acids is 1. The monoisotopic (exact) mass is 375 g/mol. The van der Waals surface area contributed by atoms with E-state index >= 15 is 0 Å². The minimum absolute atomic E-state index is 0.333. The number of esters is 1. The van der Waals surface area contributed by atoms with Gasteiger partial charge in [-0.1, -0.05) is 0 Å². The van der Waals surface area contributed by atoms with Crippen molar-refractivity contribution in [1.29, 1.82) is 0 Å². The first kappa shape index (κ1) is 16.4. The molecule has 0 unspecified atom stereocenters. The maximum Gasteiger partial charge on any atom is 0.339 e. The molecule has 0 fully saturated rings. The minimum atomic E-state index is -0.355. The van der Waals surface area contributed by atoms with E-state index in [1.807, 2.05) is 0 Å². The standard InChI is InChI=1S/C16H17N5O2S2/c1-3-23-15(22)9-7-24-14-12(9)13(17-8-18-14)20-16-19-10-4-5-21(2)6-11(10)25-16/h7-8H,3-6H2,1-2H3,(H,17,18,19,20). The molecule has 0 aromatic carbocycles. The Bertz CT molecular complexity index is 936. The Kier molecular flexibility index (Phi) is 4.36. The molecule has 0 bridgehead atoms. The number of thiazole rings is 1. The van der Waals surface area contributed by atoms with E-state index in [1.165, 1.54) is 22.5 Å². The summed E-state index contributed by atoms with van der Waals surface area (Å²) in [4.78, 5) is 29.8. The van der Waals surface area contributed by atoms with Gasteiger partial charge in [0.2, 0.25) is 0 Å². The summed E-state index contributed by atoms with van der Waals surface area (Å²) >= 11 is 3.04. The molecule has 0 radical (unpaired) electrons. The third-order valence-corrected chi connectivity index (χ3v) is 5.90. The predicted molar refractivity (Wildman–Crippen MR) is 98.8 cm³/mol. The number of likely N-dealkylation sites (N-methyl/N-ethyl adjacent to an activating group) is 1. The number of rotatable bonds is 4. The molecule has 1 aliphatic rings. The van der Waals surface area contributed by atoms with Crippen LogP contribution in [0.25, 0.3) is 10.2 Å². The molecule has 4 rings (SSSR count). The maximum absolute atomic E-state index is 12.2. The van der Waals surface area contributed by atoms with Crippen molar-refractivity contribution in [3.63, 3.8) is 0 Å². The highest BCUT2D eigenvalue weighted by molar-refractivity contribution is 7.17. The van der Waals surface area contributed by atoms with Crippen molar-refractivity contribution in [1.82, 2.24) is 19.9 Å². The number of aromatic nitrogens is 3. The fraction of sp³-hybridized carbons (Fsp3) is 0.375. The molecule has 0 spiro atoms. The molecule has 3 aromatic rings. The van der Waals surface area contributed by atoms with Crippen molar-refractivity contribution in [2.45, 2.75) is 19.9 Å². The number of hydrogen-bond donors (Lipinski definition) is 1. The fourth-order valence-electron chi connectivity index (χ4n) is 2.81. The normalized spacial score (nSPS) is 14.5. The second kappa shape index (κ2) is 6.66. The van der Waals surface area contributed by atoms with Gasteiger partial charge in [0.25, 0.3) is 0 Å². The van der Waals surface area contributed by atoms with Gasteiger partial charge in [-0.05, 0) is 14.0 Å². The third-order valence-electron chi connectivity index (χ3n) is 4.01. The summed E-state index contributed by atoms with van der Waals surface area (Å²) in [6, 6.07) is 0. The van der Waals surface area contributed by atoms with Crippen LogP contribution in [0.5, 0.6) is 0 Å². The summed E-state index contributed by atoms with van der Waals surface area (Å²) in [6.45, 7) is 4.06. The number of nitrogens with one attached hydrogen (secondary N) is 1. The summed E-state index contributed by atoms with van der Waals surface area (Å²) in [5.41, 5.74) is 1.64. The van der Waals surface area contributed by atoms with Crippen molar-refractivity contribution in [3.8, 4) is 0 Å². The first-order valence-electron chi connectivity index (χ1n) is 7.99. The number of ether oxygens (including phenoxy) is 1. The Labute approximate surface area is 152 Å². The molecule has 0 atom stereocenters. The molecule has 25 heavy (non-hydrogen) atoms. The Morgan fingerprint density at radius 3 is 3.16 bits per heavy atom. The van der Waals surface area contributed by atoms with E-state index in [0.29, 0.717) is 23.4 Å². The number of anilines is 2. The highest BCUT2D eigenvalue weighted by atomic mass is 32.1. The molecule has 0 amide bonds. The topological polar surface area (TPSA) is 80.2 Å². The number of carbonyl (C=O) groups is 1. The fourth-order valence-corrected chi connectivity index (χ4v) is 4.77. The molecular formula is C16H17N5O2S2. The lowest BCUT2D eigenvalue weighted by Crippen LogP contribution is -2.25. The van der Waals surface area contributed by atoms with Gasteiger partial charge in [-0.25, -0.2) is 19.7 Å². The molecule has 130 valence electrons. The van der Waals surface area contributed by atoms with Crippen molar-refractivity contribution < 1.29 is 9.53 Å². The van der Waals surface area contributed by atoms with Crippen molar-refractivity contribution in [2.24, 2.45) is 0 Å². The number of nitrogens with zero attached hydrogens (tertiary/aromatic N) is 4. The highest BCUT2D eigenvalue weighted by Gasteiger charge is 2.21. The second-order valence-corrected chi connectivity index (χ2v) is 7.72. The third kappa shape index (κ3) is 3.10. The Hall–Kier alpha value is -2.10. The lowest BCUT2D eigenvalue weighted by Gasteiger charge is -2.20. The van der Waals surface area contributed by atoms with Crippen LogP contribution in [0.3, 0.4) is 0 Å². The van der Waals surface area contributed by atoms with Gasteiger partial charge in [-0.3, -0.25) is 0 Å². The van der Waals surface area contributed by atoms with Gasteiger partial charge in [-0.2, -0.15) is 0 Å². The molecule has 3 aromatic heterocycles. The molecule has 9 heteroatoms. The molecule has 4 heterocycles. The van der Waals surface area contributed by atoms with Crippen molar-refractivity contribution >= 4 is 49.8 Å². The van der Waals surface area contributed by atoms with E-state index in [9.17, 15) is 4.79 Å².